The van der Waals surface area contributed by atoms with E-state index in [1.54, 1.807) is 19.1 Å². The molecule has 0 saturated heterocycles. The van der Waals surface area contributed by atoms with Crippen molar-refractivity contribution in [1.29, 1.82) is 0 Å². The van der Waals surface area contributed by atoms with Crippen LogP contribution in [0.2, 0.25) is 0 Å². The van der Waals surface area contributed by atoms with Crippen LogP contribution < -0.4 is 16.2 Å². The standard InChI is InChI=1S/C12H14N4O3S2/c1-7-10(20-12(13)16-7)11(17)15-6-8-2-4-9(5-3-8)21(14,18)19/h2-5H,6H2,1H3,(H2,13,16)(H,15,17)(H2,14,18,19). The Bertz CT molecular complexity index is 766. The summed E-state index contributed by atoms with van der Waals surface area (Å²) in [6, 6.07) is 5.97. The molecule has 21 heavy (non-hydrogen) atoms. The number of hydrogen-bond acceptors (Lipinski definition) is 6. The third kappa shape index (κ3) is 3.78. The van der Waals surface area contributed by atoms with E-state index < -0.39 is 10.0 Å². The Morgan fingerprint density at radius 3 is 2.43 bits per heavy atom. The summed E-state index contributed by atoms with van der Waals surface area (Å²) in [5.41, 5.74) is 6.88. The van der Waals surface area contributed by atoms with Crippen molar-refractivity contribution in [2.75, 3.05) is 5.73 Å². The monoisotopic (exact) mass is 326 g/mol. The zero-order chi connectivity index (χ0) is 15.6. The van der Waals surface area contributed by atoms with Gasteiger partial charge in [-0.25, -0.2) is 18.5 Å². The lowest BCUT2D eigenvalue weighted by Gasteiger charge is -2.05. The minimum Gasteiger partial charge on any atom is -0.375 e. The van der Waals surface area contributed by atoms with Crippen LogP contribution in [0.25, 0.3) is 0 Å². The average molecular weight is 326 g/mol. The number of hydrogen-bond donors (Lipinski definition) is 3. The number of thiazole rings is 1. The van der Waals surface area contributed by atoms with Crippen molar-refractivity contribution in [3.63, 3.8) is 0 Å². The number of anilines is 1. The third-order valence-electron chi connectivity index (χ3n) is 2.72. The number of rotatable bonds is 4. The van der Waals surface area contributed by atoms with Crippen molar-refractivity contribution in [3.8, 4) is 0 Å². The highest BCUT2D eigenvalue weighted by molar-refractivity contribution is 7.89. The van der Waals surface area contributed by atoms with Gasteiger partial charge in [0.25, 0.3) is 5.91 Å². The summed E-state index contributed by atoms with van der Waals surface area (Å²) >= 11 is 1.12. The van der Waals surface area contributed by atoms with Crippen molar-refractivity contribution in [2.24, 2.45) is 5.14 Å². The van der Waals surface area contributed by atoms with Gasteiger partial charge >= 0.3 is 0 Å². The number of aromatic nitrogens is 1. The van der Waals surface area contributed by atoms with Crippen LogP contribution in [0, 0.1) is 6.92 Å². The molecule has 0 spiro atoms. The Morgan fingerprint density at radius 2 is 1.95 bits per heavy atom. The van der Waals surface area contributed by atoms with Crippen LogP contribution in [0.5, 0.6) is 0 Å². The summed E-state index contributed by atoms with van der Waals surface area (Å²) < 4.78 is 22.3. The normalized spacial score (nSPS) is 11.3. The molecule has 0 unspecified atom stereocenters. The van der Waals surface area contributed by atoms with Gasteiger partial charge in [-0.3, -0.25) is 4.79 Å². The molecule has 2 rings (SSSR count). The molecule has 0 saturated carbocycles. The van der Waals surface area contributed by atoms with Gasteiger partial charge in [0.1, 0.15) is 4.88 Å². The van der Waals surface area contributed by atoms with Crippen molar-refractivity contribution in [1.82, 2.24) is 10.3 Å². The summed E-state index contributed by atoms with van der Waals surface area (Å²) in [7, 11) is -3.70. The Kier molecular flexibility index (Phi) is 4.26. The van der Waals surface area contributed by atoms with Gasteiger partial charge in [-0.15, -0.1) is 0 Å². The molecule has 7 nitrogen and oxygen atoms in total. The molecule has 9 heteroatoms. The second-order valence-electron chi connectivity index (χ2n) is 4.34. The fraction of sp³-hybridized carbons (Fsp3) is 0.167. The minimum atomic E-state index is -3.70. The lowest BCUT2D eigenvalue weighted by Crippen LogP contribution is -2.22. The number of nitrogens with two attached hydrogens (primary N) is 2. The first kappa shape index (κ1) is 15.4. The molecular weight excluding hydrogens is 312 g/mol. The topological polar surface area (TPSA) is 128 Å². The highest BCUT2D eigenvalue weighted by Gasteiger charge is 2.14. The van der Waals surface area contributed by atoms with E-state index in [1.165, 1.54) is 12.1 Å². The number of carbonyl (C=O) groups excluding carboxylic acids is 1. The smallest absolute Gasteiger partial charge is 0.263 e. The quantitative estimate of drug-likeness (QED) is 0.758. The van der Waals surface area contributed by atoms with Crippen LogP contribution in [-0.2, 0) is 16.6 Å². The van der Waals surface area contributed by atoms with Crippen LogP contribution >= 0.6 is 11.3 Å². The molecule has 1 amide bonds. The van der Waals surface area contributed by atoms with Crippen molar-refractivity contribution < 1.29 is 13.2 Å². The maximum atomic E-state index is 12.0. The predicted octanol–water partition coefficient (Wildman–Crippen LogP) is 0.611. The first-order chi connectivity index (χ1) is 9.77. The van der Waals surface area contributed by atoms with E-state index in [-0.39, 0.29) is 17.3 Å². The Balaban J connectivity index is 2.03. The number of benzene rings is 1. The van der Waals surface area contributed by atoms with Crippen LogP contribution in [0.3, 0.4) is 0 Å². The Hall–Kier alpha value is -1.97. The van der Waals surface area contributed by atoms with E-state index in [4.69, 9.17) is 10.9 Å². The summed E-state index contributed by atoms with van der Waals surface area (Å²) in [5.74, 6) is -0.266. The molecule has 112 valence electrons. The largest absolute Gasteiger partial charge is 0.375 e. The van der Waals surface area contributed by atoms with Crippen molar-refractivity contribution in [3.05, 3.63) is 40.4 Å². The minimum absolute atomic E-state index is 0.0312. The maximum absolute atomic E-state index is 12.0. The number of sulfonamides is 1. The SMILES string of the molecule is Cc1nc(N)sc1C(=O)NCc1ccc(S(N)(=O)=O)cc1. The van der Waals surface area contributed by atoms with E-state index in [0.29, 0.717) is 15.7 Å². The first-order valence-electron chi connectivity index (χ1n) is 5.90. The summed E-state index contributed by atoms with van der Waals surface area (Å²) in [4.78, 5) is 16.4. The van der Waals surface area contributed by atoms with Gasteiger partial charge in [0.2, 0.25) is 10.0 Å². The predicted molar refractivity (Wildman–Crippen MR) is 80.2 cm³/mol. The maximum Gasteiger partial charge on any atom is 0.263 e. The van der Waals surface area contributed by atoms with Gasteiger partial charge < -0.3 is 11.1 Å². The number of primary sulfonamides is 1. The molecule has 0 fully saturated rings. The van der Waals surface area contributed by atoms with E-state index in [2.05, 4.69) is 10.3 Å². The van der Waals surface area contributed by atoms with Gasteiger partial charge in [-0.05, 0) is 24.6 Å². The van der Waals surface area contributed by atoms with Gasteiger partial charge in [-0.2, -0.15) is 0 Å². The Labute approximate surface area is 126 Å². The number of carbonyl (C=O) groups is 1. The van der Waals surface area contributed by atoms with Crippen molar-refractivity contribution in [2.45, 2.75) is 18.4 Å². The van der Waals surface area contributed by atoms with Crippen LogP contribution in [0.15, 0.2) is 29.2 Å². The summed E-state index contributed by atoms with van der Waals surface area (Å²) in [5, 5.41) is 8.07. The molecule has 0 aliphatic carbocycles. The fourth-order valence-corrected chi connectivity index (χ4v) is 2.95. The van der Waals surface area contributed by atoms with Crippen molar-refractivity contribution >= 4 is 32.4 Å². The van der Waals surface area contributed by atoms with Gasteiger partial charge in [0.05, 0.1) is 10.6 Å². The van der Waals surface area contributed by atoms with Gasteiger partial charge in [0, 0.05) is 6.54 Å². The fourth-order valence-electron chi connectivity index (χ4n) is 1.69. The van der Waals surface area contributed by atoms with E-state index in [1.807, 2.05) is 0 Å². The number of nitrogen functional groups attached to an aromatic ring is 1. The van der Waals surface area contributed by atoms with E-state index >= 15 is 0 Å². The molecule has 0 aliphatic heterocycles. The molecule has 0 atom stereocenters. The molecule has 1 aromatic carbocycles. The molecular formula is C12H14N4O3S2. The molecule has 1 heterocycles. The van der Waals surface area contributed by atoms with Gasteiger partial charge in [0.15, 0.2) is 5.13 Å². The molecule has 1 aromatic heterocycles. The number of amides is 1. The average Bonchev–Trinajstić information content (AvgIpc) is 2.74. The molecule has 2 aromatic rings. The highest BCUT2D eigenvalue weighted by atomic mass is 32.2. The van der Waals surface area contributed by atoms with Crippen LogP contribution in [-0.4, -0.2) is 19.3 Å². The zero-order valence-electron chi connectivity index (χ0n) is 11.2. The molecule has 0 radical (unpaired) electrons. The first-order valence-corrected chi connectivity index (χ1v) is 8.26. The van der Waals surface area contributed by atoms with E-state index in [0.717, 1.165) is 16.9 Å². The molecule has 0 bridgehead atoms. The van der Waals surface area contributed by atoms with E-state index in [9.17, 15) is 13.2 Å². The molecule has 0 aliphatic rings. The molecule has 5 N–H and O–H groups in total. The summed E-state index contributed by atoms with van der Waals surface area (Å²) in [6.07, 6.45) is 0. The van der Waals surface area contributed by atoms with Crippen LogP contribution in [0.1, 0.15) is 20.9 Å². The second-order valence-corrected chi connectivity index (χ2v) is 6.93. The zero-order valence-corrected chi connectivity index (χ0v) is 12.8. The number of aryl methyl sites for hydroxylation is 1. The van der Waals surface area contributed by atoms with Crippen LogP contribution in [0.4, 0.5) is 5.13 Å². The Morgan fingerprint density at radius 1 is 1.33 bits per heavy atom. The highest BCUT2D eigenvalue weighted by Crippen LogP contribution is 2.19. The lowest BCUT2D eigenvalue weighted by molar-refractivity contribution is 0.0954. The number of nitrogens with zero attached hydrogens (tertiary/aromatic N) is 1. The number of nitrogens with one attached hydrogen (secondary N) is 1. The third-order valence-corrected chi connectivity index (χ3v) is 4.64. The summed E-state index contributed by atoms with van der Waals surface area (Å²) in [6.45, 7) is 1.98. The second kappa shape index (κ2) is 5.80. The lowest BCUT2D eigenvalue weighted by atomic mass is 10.2. The van der Waals surface area contributed by atoms with Gasteiger partial charge in [-0.1, -0.05) is 23.5 Å².